The van der Waals surface area contributed by atoms with Crippen molar-refractivity contribution in [3.05, 3.63) is 262 Å². The summed E-state index contributed by atoms with van der Waals surface area (Å²) in [4.78, 5) is 96.7. The van der Waals surface area contributed by atoms with Crippen molar-refractivity contribution in [2.75, 3.05) is 69.9 Å². The van der Waals surface area contributed by atoms with E-state index in [4.69, 9.17) is 67.4 Å². The number of carboxylic acid groups (broad SMARTS) is 3. The van der Waals surface area contributed by atoms with Crippen LogP contribution in [0.15, 0.2) is 170 Å². The number of benzene rings is 8. The zero-order valence-corrected chi connectivity index (χ0v) is 83.6. The van der Waals surface area contributed by atoms with Crippen LogP contribution in [0.5, 0.6) is 11.5 Å². The van der Waals surface area contributed by atoms with Gasteiger partial charge in [0.15, 0.2) is 31.3 Å². The normalized spacial score (nSPS) is 14.2. The molecule has 6 aliphatic rings. The Morgan fingerprint density at radius 3 is 1.47 bits per heavy atom. The number of halogens is 12. The number of piperidine rings is 2. The number of carbonyl (C=O) groups excluding carboxylic acids is 1. The van der Waals surface area contributed by atoms with Crippen molar-refractivity contribution < 1.29 is 89.6 Å². The third kappa shape index (κ3) is 32.2. The SMILES string of the molecule is CC(C)(C)[Si](C)(C)OCCN.COc1ccccc1C1CCN(c2nc(C3CC3)nc3ccc(Br)c(F)c23)CC1.COc1ccccc1C1CCNCC1.Cl.N.Nc1ccc(Br)c(F)c1C(=O)O.Nc1cccc(F)c1C(=O)O.O.O=C(Cl)C1CC1.O=C(O)c1c(F)cccc1[N+](=O)[O-].O=c1[nH]c(C2CC2)nc2ccc(Br)c(F)c12.O=c1oc(C2CC2)nc2ccc(Br)c(F)c12.[B]=NS. The molecule has 0 bridgehead atoms. The molecule has 6 fully saturated rings. The first-order valence-corrected chi connectivity index (χ1v) is 48.0. The van der Waals surface area contributed by atoms with Crippen LogP contribution in [-0.4, -0.2) is 143 Å². The first-order valence-electron chi connectivity index (χ1n) is 41.2. The molecule has 29 nitrogen and oxygen atoms in total. The fourth-order valence-corrected chi connectivity index (χ4v) is 15.7. The van der Waals surface area contributed by atoms with E-state index in [1.54, 1.807) is 44.6 Å². The van der Waals surface area contributed by atoms with Crippen molar-refractivity contribution in [2.45, 2.75) is 146 Å². The van der Waals surface area contributed by atoms with Gasteiger partial charge >= 0.3 is 48.3 Å². The van der Waals surface area contributed by atoms with Gasteiger partial charge in [0, 0.05) is 67.4 Å². The first kappa shape index (κ1) is 115. The van der Waals surface area contributed by atoms with E-state index in [0.717, 1.165) is 138 Å². The average Bonchev–Trinajstić information content (AvgIpc) is 1.40. The number of thiol groups is 1. The topological polar surface area (TPSA) is 487 Å². The quantitative estimate of drug-likeness (QED) is 0.00817. The Morgan fingerprint density at radius 1 is 0.604 bits per heavy atom. The number of fused-ring (bicyclic) bond motifs is 3. The van der Waals surface area contributed by atoms with Gasteiger partial charge in [0.1, 0.15) is 68.3 Å². The number of rotatable bonds is 16. The summed E-state index contributed by atoms with van der Waals surface area (Å²) in [5.74, 6) is -1.49. The number of carboxylic acids is 3. The molecule has 2 saturated heterocycles. The second kappa shape index (κ2) is 53.6. The molecule has 4 saturated carbocycles. The molecule has 4 aliphatic carbocycles. The molecule has 134 heavy (non-hydrogen) atoms. The summed E-state index contributed by atoms with van der Waals surface area (Å²) in [6, 6.07) is 35.9. The monoisotopic (exact) mass is 2190 g/mol. The number of H-pyrrole nitrogens is 1. The van der Waals surface area contributed by atoms with Gasteiger partial charge in [-0.05, 0) is 285 Å². The molecular formula is C90H103BBr4Cl2F6N13O16SSi. The summed E-state index contributed by atoms with van der Waals surface area (Å²) in [5.41, 5.74) is 16.1. The molecular weight excluding hydrogens is 2090 g/mol. The van der Waals surface area contributed by atoms with Gasteiger partial charge in [-0.15, -0.1) is 12.4 Å². The maximum absolute atomic E-state index is 15.0. The van der Waals surface area contributed by atoms with Crippen LogP contribution < -0.4 is 54.2 Å². The minimum absolute atomic E-state index is 0. The Morgan fingerprint density at radius 2 is 1.04 bits per heavy atom. The van der Waals surface area contributed by atoms with E-state index in [1.165, 1.54) is 48.2 Å². The minimum atomic E-state index is -1.65. The van der Waals surface area contributed by atoms with Crippen molar-refractivity contribution in [3.8, 4) is 11.5 Å². The summed E-state index contributed by atoms with van der Waals surface area (Å²) >= 11 is 20.5. The number of nitrogen functional groups attached to an aromatic ring is 2. The van der Waals surface area contributed by atoms with Crippen molar-refractivity contribution >= 4 is 195 Å². The number of carbonyl (C=O) groups is 4. The number of nitrogens with one attached hydrogen (secondary N) is 2. The molecule has 8 aromatic carbocycles. The second-order valence-corrected chi connectivity index (χ2v) is 40.8. The molecule has 721 valence electrons. The molecule has 0 amide bonds. The second-order valence-electron chi connectivity index (χ2n) is 32.0. The Kier molecular flexibility index (Phi) is 45.9. The van der Waals surface area contributed by atoms with Crippen LogP contribution in [0.2, 0.25) is 18.1 Å². The number of para-hydroxylation sites is 2. The van der Waals surface area contributed by atoms with Gasteiger partial charge in [-0.3, -0.25) is 19.7 Å². The molecule has 0 unspecified atom stereocenters. The van der Waals surface area contributed by atoms with E-state index in [2.05, 4.69) is 183 Å². The fourth-order valence-electron chi connectivity index (χ4n) is 13.1. The number of anilines is 3. The van der Waals surface area contributed by atoms with Gasteiger partial charge in [-0.25, -0.2) is 65.5 Å². The number of nitrogens with zero attached hydrogens (tertiary/aromatic N) is 7. The van der Waals surface area contributed by atoms with E-state index in [1.807, 2.05) is 24.3 Å². The van der Waals surface area contributed by atoms with E-state index in [0.29, 0.717) is 80.0 Å². The van der Waals surface area contributed by atoms with Gasteiger partial charge in [-0.2, -0.15) is 0 Å². The van der Waals surface area contributed by atoms with Gasteiger partial charge in [-0.1, -0.05) is 69.3 Å². The van der Waals surface area contributed by atoms with Crippen molar-refractivity contribution in [2.24, 2.45) is 16.0 Å². The fraction of sp³-hybridized carbons (Fsp3) is 0.356. The third-order valence-electron chi connectivity index (χ3n) is 21.7. The summed E-state index contributed by atoms with van der Waals surface area (Å²) < 4.78 is 106. The molecule has 5 heterocycles. The van der Waals surface area contributed by atoms with E-state index < -0.39 is 93.8 Å². The first-order chi connectivity index (χ1) is 62.1. The Bertz CT molecular complexity index is 5920. The van der Waals surface area contributed by atoms with Crippen LogP contribution in [0, 0.1) is 50.9 Å². The number of aromatic carboxylic acids is 3. The number of nitro benzene ring substituents is 1. The number of aromatic amines is 1. The molecule has 17 rings (SSSR count). The number of hydrogen-bond acceptors (Lipinski definition) is 24. The van der Waals surface area contributed by atoms with E-state index >= 15 is 4.39 Å². The molecule has 0 atom stereocenters. The molecule has 3 aromatic heterocycles. The van der Waals surface area contributed by atoms with Crippen LogP contribution in [-0.2, 0) is 9.22 Å². The number of ether oxygens (including phenoxy) is 2. The van der Waals surface area contributed by atoms with Crippen LogP contribution in [0.4, 0.5) is 49.2 Å². The Hall–Kier alpha value is -9.83. The third-order valence-corrected chi connectivity index (χ3v) is 28.9. The van der Waals surface area contributed by atoms with E-state index in [-0.39, 0.29) is 82.5 Å². The van der Waals surface area contributed by atoms with Crippen LogP contribution >= 0.6 is 101 Å². The predicted molar refractivity (Wildman–Crippen MR) is 528 cm³/mol. The molecule has 0 spiro atoms. The van der Waals surface area contributed by atoms with Crippen molar-refractivity contribution in [1.82, 2.24) is 36.4 Å². The summed E-state index contributed by atoms with van der Waals surface area (Å²) in [6.45, 7) is 16.4. The zero-order chi connectivity index (χ0) is 96.5. The number of aromatic nitrogens is 5. The average molecular weight is 2200 g/mol. The molecule has 2 aliphatic heterocycles. The van der Waals surface area contributed by atoms with Gasteiger partial charge < -0.3 is 77.7 Å². The van der Waals surface area contributed by atoms with Crippen LogP contribution in [0.25, 0.3) is 32.7 Å². The van der Waals surface area contributed by atoms with Gasteiger partial charge in [0.2, 0.25) is 11.1 Å². The van der Waals surface area contributed by atoms with Crippen molar-refractivity contribution in [1.29, 1.82) is 0 Å². The summed E-state index contributed by atoms with van der Waals surface area (Å²) in [5, 5.41) is 39.7. The molecule has 44 heteroatoms. The predicted octanol–water partition coefficient (Wildman–Crippen LogP) is 21.1. The Labute approximate surface area is 820 Å². The number of methoxy groups -OCH3 is 2. The molecule has 1 radical (unpaired) electrons. The summed E-state index contributed by atoms with van der Waals surface area (Å²) in [6.07, 6.45) is 12.8. The van der Waals surface area contributed by atoms with Gasteiger partial charge in [0.05, 0.1) is 59.0 Å². The number of nitro groups is 1. The van der Waals surface area contributed by atoms with E-state index in [9.17, 15) is 60.8 Å². The maximum atomic E-state index is 15.0. The summed E-state index contributed by atoms with van der Waals surface area (Å²) in [7, 11) is 6.30. The molecule has 16 N–H and O–H groups in total. The number of nitrogens with two attached hydrogens (primary N) is 3. The number of hydrogen-bond donors (Lipinski definition) is 10. The van der Waals surface area contributed by atoms with Crippen LogP contribution in [0.3, 0.4) is 0 Å². The van der Waals surface area contributed by atoms with Gasteiger partial charge in [0.25, 0.3) is 11.2 Å². The van der Waals surface area contributed by atoms with Crippen LogP contribution in [0.1, 0.15) is 187 Å². The molecule has 11 aromatic rings. The Balaban J connectivity index is 0.000000272. The van der Waals surface area contributed by atoms with Crippen molar-refractivity contribution in [3.63, 3.8) is 0 Å². The zero-order valence-electron chi connectivity index (χ0n) is 73.8. The standard InChI is InChI=1S/C23H23BrFN3O.C12H17NO.C11H8BrFN2O.C11H7BrFNO2.C8H21NOSi.C7H5BrFNO2.C7H4FNO4.C7H6FNO2.C4H5ClO.BHNS.ClH.H3N.H2O/c1-29-19-5-3-2-4-16(19)14-10-12-28(13-11-14)23-20-18(9-8-17(24)21(20)25)26-22(27-23)15-6-7-15;1-14-12-5-3-2-4-11(12)10-6-8-13-9-7-10;12-6-3-4-7-8(9(6)13)11(16)15-10(14-7)5-1-2-5;12-6-3-4-7-8(9(6)13)11(15)16-10(14-7)5-1-2-5;1-8(2,3)11(4,5)10-7-6-9;8-3-1-2-4(10)5(6(3)9)7(11)12;8-4-2-1-3-5(9(12)13)6(4)7(10)11;8-4-2-1-3-5(9)6(4)7(10)11;5-4(6)3-1-2-3;1-2-3;;;/h2-5,8-9,14-15H,6-7,10-13H2,1H3;2-5,10,13H,6-9H2,1H3;3-5H,1-2H2,(H,14,15,16);3-5H,1-2H2;6-7,9H2,1-5H3;1-2H,10H2,(H,11,12);1-3H,(H,10,11);1-3H,9H2,(H,10,11);3H,1-2H2;3H;1H;1H3;1H2.